The third-order valence-electron chi connectivity index (χ3n) is 5.41. The number of hydrogen-bond acceptors (Lipinski definition) is 3. The molecule has 0 spiro atoms. The molecule has 29 heavy (non-hydrogen) atoms. The summed E-state index contributed by atoms with van der Waals surface area (Å²) < 4.78 is 1.95. The molecule has 1 unspecified atom stereocenters. The normalized spacial score (nSPS) is 14.9. The number of nitrogens with zero attached hydrogens (tertiary/aromatic N) is 3. The molecule has 4 rings (SSSR count). The predicted octanol–water partition coefficient (Wildman–Crippen LogP) is 3.08. The van der Waals surface area contributed by atoms with E-state index in [-0.39, 0.29) is 24.4 Å². The highest BCUT2D eigenvalue weighted by Gasteiger charge is 2.23. The van der Waals surface area contributed by atoms with Crippen molar-refractivity contribution < 1.29 is 9.59 Å². The number of likely N-dealkylation sites (tertiary alicyclic amines) is 1. The van der Waals surface area contributed by atoms with E-state index < -0.39 is 0 Å². The molecule has 6 heteroatoms. The molecule has 2 heterocycles. The minimum Gasteiger partial charge on any atom is -0.346 e. The summed E-state index contributed by atoms with van der Waals surface area (Å²) in [5.74, 6) is 0.753. The van der Waals surface area contributed by atoms with Crippen LogP contribution in [0.3, 0.4) is 0 Å². The molecule has 1 atom stereocenters. The van der Waals surface area contributed by atoms with Gasteiger partial charge in [0.15, 0.2) is 0 Å². The number of carbonyl (C=O) groups is 2. The lowest BCUT2D eigenvalue weighted by molar-refractivity contribution is -0.130. The van der Waals surface area contributed by atoms with Crippen LogP contribution in [0.4, 0.5) is 0 Å². The quantitative estimate of drug-likeness (QED) is 0.703. The Morgan fingerprint density at radius 3 is 2.48 bits per heavy atom. The molecule has 1 saturated heterocycles. The van der Waals surface area contributed by atoms with Crippen molar-refractivity contribution in [1.29, 1.82) is 0 Å². The van der Waals surface area contributed by atoms with Crippen LogP contribution in [0.15, 0.2) is 54.6 Å². The number of amides is 2. The van der Waals surface area contributed by atoms with Gasteiger partial charge >= 0.3 is 0 Å². The first-order chi connectivity index (χ1) is 14.1. The van der Waals surface area contributed by atoms with E-state index in [0.717, 1.165) is 42.5 Å². The van der Waals surface area contributed by atoms with Gasteiger partial charge in [0.1, 0.15) is 12.4 Å². The Morgan fingerprint density at radius 2 is 1.72 bits per heavy atom. The maximum atomic E-state index is 12.8. The first-order valence-electron chi connectivity index (χ1n) is 10.2. The highest BCUT2D eigenvalue weighted by atomic mass is 16.2. The average Bonchev–Trinajstić information content (AvgIpc) is 3.37. The second kappa shape index (κ2) is 8.47. The van der Waals surface area contributed by atoms with Gasteiger partial charge in [-0.1, -0.05) is 42.5 Å². The third kappa shape index (κ3) is 4.31. The van der Waals surface area contributed by atoms with Crippen LogP contribution in [0.2, 0.25) is 0 Å². The molecule has 2 aromatic carbocycles. The Kier molecular flexibility index (Phi) is 5.60. The van der Waals surface area contributed by atoms with E-state index in [1.807, 2.05) is 71.0 Å². The molecule has 2 amide bonds. The molecule has 3 aromatic rings. The van der Waals surface area contributed by atoms with Gasteiger partial charge in [-0.2, -0.15) is 0 Å². The molecule has 150 valence electrons. The van der Waals surface area contributed by atoms with Crippen LogP contribution in [0.25, 0.3) is 11.0 Å². The Balaban J connectivity index is 1.55. The molecule has 1 aliphatic rings. The van der Waals surface area contributed by atoms with Gasteiger partial charge < -0.3 is 14.8 Å². The summed E-state index contributed by atoms with van der Waals surface area (Å²) in [6.07, 6.45) is 2.45. The van der Waals surface area contributed by atoms with E-state index in [0.29, 0.717) is 12.2 Å². The monoisotopic (exact) mass is 390 g/mol. The molecule has 1 aromatic heterocycles. The number of nitrogens with one attached hydrogen (secondary N) is 1. The lowest BCUT2D eigenvalue weighted by Crippen LogP contribution is -2.34. The molecule has 0 aliphatic carbocycles. The molecule has 1 fully saturated rings. The van der Waals surface area contributed by atoms with Crippen LogP contribution in [-0.2, 0) is 22.6 Å². The van der Waals surface area contributed by atoms with E-state index in [4.69, 9.17) is 4.98 Å². The van der Waals surface area contributed by atoms with Gasteiger partial charge in [-0.05, 0) is 37.5 Å². The van der Waals surface area contributed by atoms with Crippen molar-refractivity contribution in [2.24, 2.45) is 0 Å². The second-order valence-electron chi connectivity index (χ2n) is 7.58. The number of carbonyl (C=O) groups excluding carboxylic acids is 2. The maximum absolute atomic E-state index is 12.8. The fourth-order valence-corrected chi connectivity index (χ4v) is 3.93. The smallest absolute Gasteiger partial charge is 0.242 e. The number of aromatic nitrogens is 2. The Bertz CT molecular complexity index is 1010. The number of benzene rings is 2. The van der Waals surface area contributed by atoms with Crippen LogP contribution in [0.1, 0.15) is 37.2 Å². The third-order valence-corrected chi connectivity index (χ3v) is 5.41. The Hall–Kier alpha value is -3.15. The van der Waals surface area contributed by atoms with Crippen molar-refractivity contribution >= 4 is 22.8 Å². The highest BCUT2D eigenvalue weighted by Crippen LogP contribution is 2.22. The van der Waals surface area contributed by atoms with Crippen LogP contribution in [0, 0.1) is 0 Å². The Morgan fingerprint density at radius 1 is 1.03 bits per heavy atom. The number of hydrogen-bond donors (Lipinski definition) is 1. The Labute approximate surface area is 170 Å². The van der Waals surface area contributed by atoms with Crippen molar-refractivity contribution in [2.45, 2.75) is 38.8 Å². The standard InChI is InChI=1S/C23H26N4O2/c1-17(24-21(28)15-18-9-3-2-4-10-18)23-25-19-11-5-6-12-20(19)27(23)16-22(29)26-13-7-8-14-26/h2-6,9-12,17H,7-8,13-16H2,1H3,(H,24,28). The lowest BCUT2D eigenvalue weighted by atomic mass is 10.1. The summed E-state index contributed by atoms with van der Waals surface area (Å²) in [5.41, 5.74) is 2.72. The van der Waals surface area contributed by atoms with E-state index >= 15 is 0 Å². The van der Waals surface area contributed by atoms with Crippen LogP contribution < -0.4 is 5.32 Å². The number of imidazole rings is 1. The molecule has 0 saturated carbocycles. The van der Waals surface area contributed by atoms with Gasteiger partial charge in [-0.25, -0.2) is 4.98 Å². The van der Waals surface area contributed by atoms with E-state index in [1.165, 1.54) is 0 Å². The zero-order valence-electron chi connectivity index (χ0n) is 16.7. The molecule has 1 N–H and O–H groups in total. The molecular formula is C23H26N4O2. The SMILES string of the molecule is CC(NC(=O)Cc1ccccc1)c1nc2ccccc2n1CC(=O)N1CCCC1. The number of fused-ring (bicyclic) bond motifs is 1. The van der Waals surface area contributed by atoms with Gasteiger partial charge in [-0.3, -0.25) is 9.59 Å². The lowest BCUT2D eigenvalue weighted by Gasteiger charge is -2.19. The number of rotatable bonds is 6. The van der Waals surface area contributed by atoms with Gasteiger partial charge in [0, 0.05) is 13.1 Å². The first-order valence-corrected chi connectivity index (χ1v) is 10.2. The fourth-order valence-electron chi connectivity index (χ4n) is 3.93. The highest BCUT2D eigenvalue weighted by molar-refractivity contribution is 5.82. The van der Waals surface area contributed by atoms with E-state index in [1.54, 1.807) is 0 Å². The van der Waals surface area contributed by atoms with Crippen molar-refractivity contribution in [3.8, 4) is 0 Å². The molecule has 0 bridgehead atoms. The van der Waals surface area contributed by atoms with Gasteiger partial charge in [0.25, 0.3) is 0 Å². The fraction of sp³-hybridized carbons (Fsp3) is 0.348. The topological polar surface area (TPSA) is 67.2 Å². The minimum atomic E-state index is -0.301. The molecular weight excluding hydrogens is 364 g/mol. The second-order valence-corrected chi connectivity index (χ2v) is 7.58. The van der Waals surface area contributed by atoms with E-state index in [9.17, 15) is 9.59 Å². The zero-order valence-corrected chi connectivity index (χ0v) is 16.7. The summed E-state index contributed by atoms with van der Waals surface area (Å²) >= 11 is 0. The minimum absolute atomic E-state index is 0.0619. The van der Waals surface area contributed by atoms with Crippen LogP contribution in [0.5, 0.6) is 0 Å². The largest absolute Gasteiger partial charge is 0.346 e. The molecule has 6 nitrogen and oxygen atoms in total. The first kappa shape index (κ1) is 19.2. The zero-order chi connectivity index (χ0) is 20.2. The predicted molar refractivity (Wildman–Crippen MR) is 112 cm³/mol. The average molecular weight is 390 g/mol. The maximum Gasteiger partial charge on any atom is 0.242 e. The molecule has 1 aliphatic heterocycles. The van der Waals surface area contributed by atoms with E-state index in [2.05, 4.69) is 5.32 Å². The number of para-hydroxylation sites is 2. The summed E-state index contributed by atoms with van der Waals surface area (Å²) in [5, 5.41) is 3.04. The summed E-state index contributed by atoms with van der Waals surface area (Å²) in [6, 6.07) is 17.2. The summed E-state index contributed by atoms with van der Waals surface area (Å²) in [7, 11) is 0. The van der Waals surface area contributed by atoms with Crippen LogP contribution in [-0.4, -0.2) is 39.4 Å². The van der Waals surface area contributed by atoms with Crippen molar-refractivity contribution in [1.82, 2.24) is 19.8 Å². The van der Waals surface area contributed by atoms with Crippen molar-refractivity contribution in [3.05, 3.63) is 66.0 Å². The van der Waals surface area contributed by atoms with Crippen LogP contribution >= 0.6 is 0 Å². The summed E-state index contributed by atoms with van der Waals surface area (Å²) in [4.78, 5) is 32.0. The van der Waals surface area contributed by atoms with Gasteiger partial charge in [0.2, 0.25) is 11.8 Å². The van der Waals surface area contributed by atoms with Crippen molar-refractivity contribution in [2.75, 3.05) is 13.1 Å². The van der Waals surface area contributed by atoms with Gasteiger partial charge in [0.05, 0.1) is 23.5 Å². The van der Waals surface area contributed by atoms with Gasteiger partial charge in [-0.15, -0.1) is 0 Å². The summed E-state index contributed by atoms with van der Waals surface area (Å²) in [6.45, 7) is 3.81. The molecule has 0 radical (unpaired) electrons. The van der Waals surface area contributed by atoms with Crippen molar-refractivity contribution in [3.63, 3.8) is 0 Å².